The zero-order chi connectivity index (χ0) is 18.5. The number of aryl methyl sites for hydroxylation is 2. The van der Waals surface area contributed by atoms with Crippen molar-refractivity contribution in [2.75, 3.05) is 0 Å². The van der Waals surface area contributed by atoms with Crippen LogP contribution in [0.5, 0.6) is 0 Å². The summed E-state index contributed by atoms with van der Waals surface area (Å²) in [6.07, 6.45) is 0. The van der Waals surface area contributed by atoms with E-state index in [4.69, 9.17) is 0 Å². The van der Waals surface area contributed by atoms with Gasteiger partial charge >= 0.3 is 0 Å². The number of aromatic nitrogens is 5. The molecule has 1 atom stereocenters. The van der Waals surface area contributed by atoms with Gasteiger partial charge in [-0.15, -0.1) is 10.2 Å². The fourth-order valence-electron chi connectivity index (χ4n) is 2.67. The second-order valence-corrected chi connectivity index (χ2v) is 8.29. The van der Waals surface area contributed by atoms with Gasteiger partial charge < -0.3 is 4.57 Å². The van der Waals surface area contributed by atoms with E-state index in [1.54, 1.807) is 23.5 Å². The molecule has 2 heterocycles. The summed E-state index contributed by atoms with van der Waals surface area (Å²) in [5.41, 5.74) is 3.28. The molecule has 0 amide bonds. The summed E-state index contributed by atoms with van der Waals surface area (Å²) in [5, 5.41) is 10.9. The number of benzene rings is 1. The third-order valence-electron chi connectivity index (χ3n) is 3.95. The average Bonchev–Trinajstić information content (AvgIpc) is 3.01. The van der Waals surface area contributed by atoms with E-state index in [0.29, 0.717) is 11.0 Å². The zero-order valence-electron chi connectivity index (χ0n) is 15.5. The Balaban J connectivity index is 1.71. The highest BCUT2D eigenvalue weighted by Gasteiger charge is 2.16. The monoisotopic (exact) mass is 385 g/mol. The summed E-state index contributed by atoms with van der Waals surface area (Å²) >= 11 is 3.35. The van der Waals surface area contributed by atoms with Crippen LogP contribution in [0.2, 0.25) is 0 Å². The van der Waals surface area contributed by atoms with Gasteiger partial charge in [0, 0.05) is 23.2 Å². The van der Waals surface area contributed by atoms with Crippen molar-refractivity contribution in [3.8, 4) is 0 Å². The Morgan fingerprint density at radius 1 is 1.04 bits per heavy atom. The Labute approximate surface area is 163 Å². The molecular formula is C19H23N5S2. The molecule has 0 aliphatic carbocycles. The number of nitrogens with zero attached hydrogens (tertiary/aromatic N) is 5. The van der Waals surface area contributed by atoms with E-state index in [9.17, 15) is 0 Å². The maximum atomic E-state index is 4.49. The van der Waals surface area contributed by atoms with Crippen molar-refractivity contribution in [2.45, 2.75) is 55.6 Å². The summed E-state index contributed by atoms with van der Waals surface area (Å²) < 4.78 is 2.18. The van der Waals surface area contributed by atoms with Gasteiger partial charge in [-0.3, -0.25) is 0 Å². The van der Waals surface area contributed by atoms with Crippen molar-refractivity contribution in [3.63, 3.8) is 0 Å². The van der Waals surface area contributed by atoms with Gasteiger partial charge in [-0.25, -0.2) is 9.97 Å². The number of thioether (sulfide) groups is 2. The number of hydrogen-bond acceptors (Lipinski definition) is 6. The highest BCUT2D eigenvalue weighted by Crippen LogP contribution is 2.34. The summed E-state index contributed by atoms with van der Waals surface area (Å²) in [4.78, 5) is 8.98. The zero-order valence-corrected chi connectivity index (χ0v) is 17.1. The molecular weight excluding hydrogens is 362 g/mol. The molecule has 1 aromatic carbocycles. The lowest BCUT2D eigenvalue weighted by Crippen LogP contribution is -2.03. The predicted molar refractivity (Wildman–Crippen MR) is 107 cm³/mol. The molecule has 0 unspecified atom stereocenters. The van der Waals surface area contributed by atoms with Crippen LogP contribution in [-0.4, -0.2) is 24.7 Å². The van der Waals surface area contributed by atoms with Crippen molar-refractivity contribution >= 4 is 23.5 Å². The van der Waals surface area contributed by atoms with E-state index in [-0.39, 0.29) is 0 Å². The molecule has 0 spiro atoms. The topological polar surface area (TPSA) is 56.5 Å². The molecule has 3 aromatic rings. The smallest absolute Gasteiger partial charge is 0.191 e. The molecule has 0 bridgehead atoms. The number of rotatable bonds is 7. The third kappa shape index (κ3) is 4.65. The van der Waals surface area contributed by atoms with Crippen LogP contribution in [0.3, 0.4) is 0 Å². The van der Waals surface area contributed by atoms with Crippen LogP contribution in [0, 0.1) is 13.8 Å². The van der Waals surface area contributed by atoms with Gasteiger partial charge in [0.05, 0.1) is 5.75 Å². The lowest BCUT2D eigenvalue weighted by Gasteiger charge is -2.12. The van der Waals surface area contributed by atoms with Crippen LogP contribution < -0.4 is 0 Å². The highest BCUT2D eigenvalue weighted by atomic mass is 32.2. The van der Waals surface area contributed by atoms with Crippen LogP contribution >= 0.6 is 23.5 Å². The Kier molecular flexibility index (Phi) is 6.32. The van der Waals surface area contributed by atoms with E-state index < -0.39 is 0 Å². The van der Waals surface area contributed by atoms with Crippen LogP contribution in [-0.2, 0) is 12.3 Å². The summed E-state index contributed by atoms with van der Waals surface area (Å²) in [6.45, 7) is 9.16. The molecule has 0 saturated heterocycles. The predicted octanol–water partition coefficient (Wildman–Crippen LogP) is 4.85. The van der Waals surface area contributed by atoms with Crippen molar-refractivity contribution in [1.29, 1.82) is 0 Å². The molecule has 0 aliphatic rings. The first-order valence-electron chi connectivity index (χ1n) is 8.65. The molecule has 0 radical (unpaired) electrons. The Morgan fingerprint density at radius 3 is 2.38 bits per heavy atom. The molecule has 0 fully saturated rings. The average molecular weight is 386 g/mol. The first-order chi connectivity index (χ1) is 12.6. The summed E-state index contributed by atoms with van der Waals surface area (Å²) in [7, 11) is 0. The molecule has 2 aromatic heterocycles. The maximum Gasteiger partial charge on any atom is 0.191 e. The Morgan fingerprint density at radius 2 is 1.73 bits per heavy atom. The summed E-state index contributed by atoms with van der Waals surface area (Å²) in [6, 6.07) is 12.5. The van der Waals surface area contributed by atoms with E-state index >= 15 is 0 Å². The minimum absolute atomic E-state index is 0.328. The normalized spacial score (nSPS) is 12.3. The van der Waals surface area contributed by atoms with Crippen molar-refractivity contribution in [2.24, 2.45) is 0 Å². The molecule has 136 valence electrons. The van der Waals surface area contributed by atoms with Crippen LogP contribution in [0.1, 0.15) is 41.9 Å². The maximum absolute atomic E-state index is 4.49. The van der Waals surface area contributed by atoms with Crippen LogP contribution in [0.4, 0.5) is 0 Å². The van der Waals surface area contributed by atoms with Gasteiger partial charge in [0.15, 0.2) is 10.3 Å². The Bertz CT molecular complexity index is 843. The standard InChI is InChI=1S/C19H23N5S2/c1-5-24-17(12-25-18-20-13(2)11-14(3)21-18)22-23-19(24)26-15(4)16-9-7-6-8-10-16/h6-11,15H,5,12H2,1-4H3/t15-/m0/s1. The van der Waals surface area contributed by atoms with Gasteiger partial charge in [0.25, 0.3) is 0 Å². The quantitative estimate of drug-likeness (QED) is 0.428. The van der Waals surface area contributed by atoms with Crippen molar-refractivity contribution < 1.29 is 0 Å². The molecule has 5 nitrogen and oxygen atoms in total. The van der Waals surface area contributed by atoms with Gasteiger partial charge in [-0.1, -0.05) is 53.9 Å². The minimum atomic E-state index is 0.328. The fraction of sp³-hybridized carbons (Fsp3) is 0.368. The fourth-order valence-corrected chi connectivity index (χ4v) is 4.62. The molecule has 26 heavy (non-hydrogen) atoms. The second-order valence-electron chi connectivity index (χ2n) is 6.04. The SMILES string of the molecule is CCn1c(CSc2nc(C)cc(C)n2)nnc1S[C@@H](C)c1ccccc1. The molecule has 7 heteroatoms. The highest BCUT2D eigenvalue weighted by molar-refractivity contribution is 7.99. The van der Waals surface area contributed by atoms with Crippen LogP contribution in [0.15, 0.2) is 46.7 Å². The molecule has 0 saturated carbocycles. The molecule has 0 N–H and O–H groups in total. The van der Waals surface area contributed by atoms with Gasteiger partial charge in [0.2, 0.25) is 0 Å². The van der Waals surface area contributed by atoms with Gasteiger partial charge in [-0.2, -0.15) is 0 Å². The molecule has 3 rings (SSSR count). The lowest BCUT2D eigenvalue weighted by molar-refractivity contribution is 0.657. The van der Waals surface area contributed by atoms with Crippen LogP contribution in [0.25, 0.3) is 0 Å². The minimum Gasteiger partial charge on any atom is -0.306 e. The second kappa shape index (κ2) is 8.68. The first kappa shape index (κ1) is 18.9. The van der Waals surface area contributed by atoms with Gasteiger partial charge in [0.1, 0.15) is 5.82 Å². The van der Waals surface area contributed by atoms with Crippen molar-refractivity contribution in [3.05, 3.63) is 59.2 Å². The first-order valence-corrected chi connectivity index (χ1v) is 10.5. The lowest BCUT2D eigenvalue weighted by atomic mass is 10.2. The largest absolute Gasteiger partial charge is 0.306 e. The summed E-state index contributed by atoms with van der Waals surface area (Å²) in [5.74, 6) is 1.67. The van der Waals surface area contributed by atoms with E-state index in [1.807, 2.05) is 26.0 Å². The van der Waals surface area contributed by atoms with Crippen molar-refractivity contribution in [1.82, 2.24) is 24.7 Å². The van der Waals surface area contributed by atoms with E-state index in [1.165, 1.54) is 5.56 Å². The van der Waals surface area contributed by atoms with E-state index in [0.717, 1.165) is 34.1 Å². The molecule has 0 aliphatic heterocycles. The third-order valence-corrected chi connectivity index (χ3v) is 5.93. The number of hydrogen-bond donors (Lipinski definition) is 0. The van der Waals surface area contributed by atoms with Gasteiger partial charge in [-0.05, 0) is 39.3 Å². The Hall–Kier alpha value is -1.86. The van der Waals surface area contributed by atoms with E-state index in [2.05, 4.69) is 62.8 Å².